The molecule has 0 spiro atoms. The number of phenols is 2. The minimum atomic E-state index is -0.754. The summed E-state index contributed by atoms with van der Waals surface area (Å²) in [5, 5.41) is 17.7. The molecule has 5 heteroatoms. The van der Waals surface area contributed by atoms with Gasteiger partial charge in [0.1, 0.15) is 0 Å². The largest absolute Gasteiger partial charge is 0.504 e. The zero-order chi connectivity index (χ0) is 9.30. The molecule has 12 heavy (non-hydrogen) atoms. The summed E-state index contributed by atoms with van der Waals surface area (Å²) < 4.78 is 0. The SMILES string of the molecule is NC(=O)c1ccc(O)c(O)c1Cl. The Morgan fingerprint density at radius 2 is 2.00 bits per heavy atom. The van der Waals surface area contributed by atoms with E-state index in [9.17, 15) is 4.79 Å². The van der Waals surface area contributed by atoms with Crippen molar-refractivity contribution in [3.05, 3.63) is 22.7 Å². The number of nitrogens with two attached hydrogens (primary N) is 1. The summed E-state index contributed by atoms with van der Waals surface area (Å²) >= 11 is 5.48. The van der Waals surface area contributed by atoms with E-state index in [0.717, 1.165) is 6.07 Å². The third kappa shape index (κ3) is 1.29. The highest BCUT2D eigenvalue weighted by atomic mass is 35.5. The number of phenolic OH excluding ortho intramolecular Hbond substituents is 2. The number of amides is 1. The van der Waals surface area contributed by atoms with Crippen LogP contribution in [0, 0.1) is 0 Å². The molecule has 1 rings (SSSR count). The molecule has 4 N–H and O–H groups in total. The van der Waals surface area contributed by atoms with E-state index in [-0.39, 0.29) is 16.3 Å². The van der Waals surface area contributed by atoms with E-state index in [1.165, 1.54) is 6.07 Å². The molecule has 0 saturated carbocycles. The molecule has 1 aromatic carbocycles. The highest BCUT2D eigenvalue weighted by Crippen LogP contribution is 2.34. The standard InChI is InChI=1S/C7H6ClNO3/c8-5-3(7(9)12)1-2-4(10)6(5)11/h1-2,10-11H,(H2,9,12). The minimum Gasteiger partial charge on any atom is -0.504 e. The summed E-state index contributed by atoms with van der Waals surface area (Å²) in [6, 6.07) is 2.38. The van der Waals surface area contributed by atoms with Gasteiger partial charge in [0, 0.05) is 0 Å². The third-order valence-corrected chi connectivity index (χ3v) is 1.74. The van der Waals surface area contributed by atoms with Gasteiger partial charge in [-0.15, -0.1) is 0 Å². The number of carbonyl (C=O) groups excluding carboxylic acids is 1. The molecule has 4 nitrogen and oxygen atoms in total. The summed E-state index contributed by atoms with van der Waals surface area (Å²) in [6.07, 6.45) is 0. The number of rotatable bonds is 1. The third-order valence-electron chi connectivity index (χ3n) is 1.36. The van der Waals surface area contributed by atoms with Gasteiger partial charge in [0.15, 0.2) is 11.5 Å². The molecule has 0 bridgehead atoms. The molecule has 0 aliphatic heterocycles. The van der Waals surface area contributed by atoms with E-state index in [1.54, 1.807) is 0 Å². The van der Waals surface area contributed by atoms with E-state index in [2.05, 4.69) is 0 Å². The first-order valence-corrected chi connectivity index (χ1v) is 3.42. The predicted molar refractivity (Wildman–Crippen MR) is 43.3 cm³/mol. The molecule has 0 aromatic heterocycles. The summed E-state index contributed by atoms with van der Waals surface area (Å²) in [5.41, 5.74) is 4.90. The molecule has 1 amide bonds. The van der Waals surface area contributed by atoms with Crippen molar-refractivity contribution in [2.75, 3.05) is 0 Å². The minimum absolute atomic E-state index is 0.0213. The van der Waals surface area contributed by atoms with Crippen LogP contribution in [-0.4, -0.2) is 16.1 Å². The van der Waals surface area contributed by atoms with Gasteiger partial charge in [-0.05, 0) is 12.1 Å². The van der Waals surface area contributed by atoms with E-state index in [1.807, 2.05) is 0 Å². The van der Waals surface area contributed by atoms with Crippen LogP contribution < -0.4 is 5.73 Å². The lowest BCUT2D eigenvalue weighted by Crippen LogP contribution is -2.11. The van der Waals surface area contributed by atoms with Gasteiger partial charge in [-0.25, -0.2) is 0 Å². The zero-order valence-corrected chi connectivity index (χ0v) is 6.67. The van der Waals surface area contributed by atoms with Crippen LogP contribution in [0.4, 0.5) is 0 Å². The first-order valence-electron chi connectivity index (χ1n) is 3.04. The van der Waals surface area contributed by atoms with Crippen LogP contribution in [0.1, 0.15) is 10.4 Å². The number of hydrogen-bond acceptors (Lipinski definition) is 3. The van der Waals surface area contributed by atoms with Crippen LogP contribution >= 0.6 is 11.6 Å². The van der Waals surface area contributed by atoms with Crippen LogP contribution in [0.25, 0.3) is 0 Å². The number of carbonyl (C=O) groups is 1. The fourth-order valence-electron chi connectivity index (χ4n) is 0.745. The summed E-state index contributed by atoms with van der Waals surface area (Å²) in [7, 11) is 0. The molecule has 0 heterocycles. The Morgan fingerprint density at radius 3 is 2.50 bits per heavy atom. The number of aromatic hydroxyl groups is 2. The Bertz CT molecular complexity index is 338. The van der Waals surface area contributed by atoms with E-state index < -0.39 is 11.7 Å². The highest BCUT2D eigenvalue weighted by molar-refractivity contribution is 6.35. The molecule has 0 aliphatic rings. The first kappa shape index (κ1) is 8.67. The van der Waals surface area contributed by atoms with Crippen molar-refractivity contribution in [3.8, 4) is 11.5 Å². The highest BCUT2D eigenvalue weighted by Gasteiger charge is 2.13. The van der Waals surface area contributed by atoms with Gasteiger partial charge in [-0.1, -0.05) is 11.6 Å². The Labute approximate surface area is 73.2 Å². The maximum Gasteiger partial charge on any atom is 0.250 e. The van der Waals surface area contributed by atoms with Gasteiger partial charge < -0.3 is 15.9 Å². The van der Waals surface area contributed by atoms with Gasteiger partial charge in [0.05, 0.1) is 10.6 Å². The van der Waals surface area contributed by atoms with Gasteiger partial charge in [-0.2, -0.15) is 0 Å². The van der Waals surface area contributed by atoms with Crippen LogP contribution in [0.15, 0.2) is 12.1 Å². The zero-order valence-electron chi connectivity index (χ0n) is 5.91. The Morgan fingerprint density at radius 1 is 1.42 bits per heavy atom. The second-order valence-corrected chi connectivity index (χ2v) is 2.54. The first-order chi connectivity index (χ1) is 5.54. The average Bonchev–Trinajstić information content (AvgIpc) is 2.00. The summed E-state index contributed by atoms with van der Waals surface area (Å²) in [4.78, 5) is 10.6. The number of primary amides is 1. The fourth-order valence-corrected chi connectivity index (χ4v) is 0.998. The molecule has 0 fully saturated rings. The number of halogens is 1. The van der Waals surface area contributed by atoms with Gasteiger partial charge in [0.25, 0.3) is 0 Å². The smallest absolute Gasteiger partial charge is 0.250 e. The monoisotopic (exact) mass is 187 g/mol. The van der Waals surface area contributed by atoms with Crippen LogP contribution in [-0.2, 0) is 0 Å². The van der Waals surface area contributed by atoms with Crippen LogP contribution in [0.5, 0.6) is 11.5 Å². The molecule has 0 saturated heterocycles. The van der Waals surface area contributed by atoms with Crippen LogP contribution in [0.3, 0.4) is 0 Å². The topological polar surface area (TPSA) is 83.6 Å². The maximum absolute atomic E-state index is 10.6. The summed E-state index contributed by atoms with van der Waals surface area (Å²) in [5.74, 6) is -1.67. The average molecular weight is 188 g/mol. The van der Waals surface area contributed by atoms with Crippen molar-refractivity contribution in [2.45, 2.75) is 0 Å². The lowest BCUT2D eigenvalue weighted by atomic mass is 10.2. The number of hydrogen-bond donors (Lipinski definition) is 3. The maximum atomic E-state index is 10.6. The normalized spacial score (nSPS) is 9.75. The molecule has 0 radical (unpaired) electrons. The molecule has 0 aliphatic carbocycles. The van der Waals surface area contributed by atoms with Crippen molar-refractivity contribution in [1.82, 2.24) is 0 Å². The predicted octanol–water partition coefficient (Wildman–Crippen LogP) is 0.850. The second-order valence-electron chi connectivity index (χ2n) is 2.16. The van der Waals surface area contributed by atoms with Gasteiger partial charge in [0.2, 0.25) is 5.91 Å². The van der Waals surface area contributed by atoms with Gasteiger partial charge in [-0.3, -0.25) is 4.79 Å². The Kier molecular flexibility index (Phi) is 2.10. The Balaban J connectivity index is 3.36. The van der Waals surface area contributed by atoms with Crippen molar-refractivity contribution in [2.24, 2.45) is 5.73 Å². The van der Waals surface area contributed by atoms with Crippen molar-refractivity contribution < 1.29 is 15.0 Å². The molecular weight excluding hydrogens is 182 g/mol. The lowest BCUT2D eigenvalue weighted by Gasteiger charge is -2.02. The van der Waals surface area contributed by atoms with E-state index in [4.69, 9.17) is 27.5 Å². The van der Waals surface area contributed by atoms with Gasteiger partial charge >= 0.3 is 0 Å². The van der Waals surface area contributed by atoms with E-state index in [0.29, 0.717) is 0 Å². The summed E-state index contributed by atoms with van der Waals surface area (Å²) in [6.45, 7) is 0. The van der Waals surface area contributed by atoms with Crippen molar-refractivity contribution in [3.63, 3.8) is 0 Å². The van der Waals surface area contributed by atoms with Crippen molar-refractivity contribution in [1.29, 1.82) is 0 Å². The quantitative estimate of drug-likeness (QED) is 0.570. The fraction of sp³-hybridized carbons (Fsp3) is 0. The molecule has 0 unspecified atom stereocenters. The molecular formula is C7H6ClNO3. The van der Waals surface area contributed by atoms with Crippen LogP contribution in [0.2, 0.25) is 5.02 Å². The molecule has 0 atom stereocenters. The molecule has 64 valence electrons. The lowest BCUT2D eigenvalue weighted by molar-refractivity contribution is 0.1000. The number of benzene rings is 1. The second kappa shape index (κ2) is 2.91. The molecule has 1 aromatic rings. The Hall–Kier alpha value is -1.42. The van der Waals surface area contributed by atoms with Crippen molar-refractivity contribution >= 4 is 17.5 Å². The van der Waals surface area contributed by atoms with E-state index >= 15 is 0 Å².